The number of fused-ring (bicyclic) bond motifs is 1. The number of amides is 1. The van der Waals surface area contributed by atoms with E-state index >= 15 is 0 Å². The Labute approximate surface area is 181 Å². The highest BCUT2D eigenvalue weighted by molar-refractivity contribution is 5.95. The van der Waals surface area contributed by atoms with Crippen molar-refractivity contribution >= 4 is 5.91 Å². The van der Waals surface area contributed by atoms with Gasteiger partial charge >= 0.3 is 0 Å². The van der Waals surface area contributed by atoms with E-state index in [9.17, 15) is 9.59 Å². The fourth-order valence-corrected chi connectivity index (χ4v) is 4.26. The molecule has 1 saturated carbocycles. The van der Waals surface area contributed by atoms with Crippen molar-refractivity contribution in [3.63, 3.8) is 0 Å². The molecule has 1 fully saturated rings. The zero-order chi connectivity index (χ0) is 21.4. The second-order valence-corrected chi connectivity index (χ2v) is 8.51. The van der Waals surface area contributed by atoms with E-state index in [1.807, 2.05) is 42.1 Å². The van der Waals surface area contributed by atoms with Gasteiger partial charge in [-0.15, -0.1) is 0 Å². The van der Waals surface area contributed by atoms with Gasteiger partial charge in [0, 0.05) is 38.2 Å². The van der Waals surface area contributed by atoms with Crippen LogP contribution in [0.3, 0.4) is 0 Å². The van der Waals surface area contributed by atoms with Crippen LogP contribution in [0.25, 0.3) is 0 Å². The third-order valence-corrected chi connectivity index (χ3v) is 6.23. The predicted molar refractivity (Wildman–Crippen MR) is 117 cm³/mol. The fraction of sp³-hybridized carbons (Fsp3) is 0.417. The Morgan fingerprint density at radius 3 is 2.65 bits per heavy atom. The maximum atomic E-state index is 13.3. The van der Waals surface area contributed by atoms with Crippen molar-refractivity contribution in [2.45, 2.75) is 51.6 Å². The topological polar surface area (TPSA) is 73.0 Å². The van der Waals surface area contributed by atoms with Gasteiger partial charge in [-0.05, 0) is 43.4 Å². The lowest BCUT2D eigenvalue weighted by atomic mass is 10.1. The van der Waals surface area contributed by atoms with Crippen LogP contribution in [0.2, 0.25) is 0 Å². The van der Waals surface area contributed by atoms with E-state index in [0.29, 0.717) is 31.6 Å². The molecule has 1 amide bonds. The summed E-state index contributed by atoms with van der Waals surface area (Å²) in [4.78, 5) is 32.7. The minimum Gasteiger partial charge on any atom is -0.336 e. The molecule has 3 aromatic rings. The van der Waals surface area contributed by atoms with E-state index in [2.05, 4.69) is 17.2 Å². The predicted octanol–water partition coefficient (Wildman–Crippen LogP) is 2.57. The molecule has 0 atom stereocenters. The van der Waals surface area contributed by atoms with Crippen molar-refractivity contribution in [2.75, 3.05) is 13.1 Å². The normalized spacial score (nSPS) is 16.1. The molecule has 5 rings (SSSR count). The van der Waals surface area contributed by atoms with Crippen LogP contribution in [0, 0.1) is 6.92 Å². The van der Waals surface area contributed by atoms with E-state index < -0.39 is 0 Å². The van der Waals surface area contributed by atoms with Crippen LogP contribution >= 0.6 is 0 Å². The minimum atomic E-state index is -0.174. The molecule has 0 unspecified atom stereocenters. The average molecular weight is 418 g/mol. The maximum absolute atomic E-state index is 13.3. The number of pyridine rings is 1. The molecule has 7 nitrogen and oxygen atoms in total. The highest BCUT2D eigenvalue weighted by Gasteiger charge is 2.29. The van der Waals surface area contributed by atoms with E-state index in [1.165, 1.54) is 5.56 Å². The van der Waals surface area contributed by atoms with Gasteiger partial charge in [0.2, 0.25) is 0 Å². The van der Waals surface area contributed by atoms with E-state index in [1.54, 1.807) is 9.47 Å². The van der Waals surface area contributed by atoms with Crippen molar-refractivity contribution < 1.29 is 4.79 Å². The van der Waals surface area contributed by atoms with Gasteiger partial charge in [-0.1, -0.05) is 30.3 Å². The van der Waals surface area contributed by atoms with Crippen LogP contribution in [0.1, 0.15) is 52.0 Å². The Kier molecular flexibility index (Phi) is 5.18. The number of hydrogen-bond donors (Lipinski definition) is 0. The second kappa shape index (κ2) is 8.13. The van der Waals surface area contributed by atoms with Gasteiger partial charge in [0.15, 0.2) is 5.82 Å². The average Bonchev–Trinajstić information content (AvgIpc) is 3.57. The second-order valence-electron chi connectivity index (χ2n) is 8.51. The van der Waals surface area contributed by atoms with Gasteiger partial charge in [0.25, 0.3) is 11.5 Å². The monoisotopic (exact) mass is 417 g/mol. The van der Waals surface area contributed by atoms with Crippen LogP contribution in [0.5, 0.6) is 0 Å². The van der Waals surface area contributed by atoms with Gasteiger partial charge in [-0.3, -0.25) is 9.59 Å². The molecular formula is C24H27N5O2. The highest BCUT2D eigenvalue weighted by Crippen LogP contribution is 2.33. The number of aryl methyl sites for hydroxylation is 3. The molecule has 0 bridgehead atoms. The summed E-state index contributed by atoms with van der Waals surface area (Å²) in [6.45, 7) is 3.52. The van der Waals surface area contributed by atoms with E-state index in [4.69, 9.17) is 4.98 Å². The van der Waals surface area contributed by atoms with Gasteiger partial charge in [-0.2, -0.15) is 5.10 Å². The first kappa shape index (κ1) is 19.7. The number of hydrogen-bond acceptors (Lipinski definition) is 4. The first-order valence-corrected chi connectivity index (χ1v) is 11.1. The molecule has 2 aromatic heterocycles. The summed E-state index contributed by atoms with van der Waals surface area (Å²) in [5.41, 5.74) is 2.18. The molecule has 2 aliphatic rings. The van der Waals surface area contributed by atoms with E-state index in [0.717, 1.165) is 42.9 Å². The van der Waals surface area contributed by atoms with Crippen LogP contribution in [0.15, 0.2) is 47.4 Å². The molecular weight excluding hydrogens is 390 g/mol. The summed E-state index contributed by atoms with van der Waals surface area (Å²) in [6, 6.07) is 12.5. The van der Waals surface area contributed by atoms with Crippen molar-refractivity contribution in [1.29, 1.82) is 0 Å². The molecule has 160 valence electrons. The van der Waals surface area contributed by atoms with Crippen LogP contribution < -0.4 is 5.56 Å². The Hall–Kier alpha value is -3.22. The van der Waals surface area contributed by atoms with Gasteiger partial charge < -0.3 is 9.47 Å². The maximum Gasteiger partial charge on any atom is 0.263 e. The van der Waals surface area contributed by atoms with Crippen molar-refractivity contribution in [2.24, 2.45) is 0 Å². The third-order valence-electron chi connectivity index (χ3n) is 6.23. The lowest BCUT2D eigenvalue weighted by molar-refractivity contribution is 0.0755. The summed E-state index contributed by atoms with van der Waals surface area (Å²) < 4.78 is 3.65. The van der Waals surface area contributed by atoms with Gasteiger partial charge in [0.05, 0.1) is 6.54 Å². The fourth-order valence-electron chi connectivity index (χ4n) is 4.26. The lowest BCUT2D eigenvalue weighted by Crippen LogP contribution is -2.39. The molecule has 0 saturated heterocycles. The molecule has 7 heteroatoms. The van der Waals surface area contributed by atoms with Crippen molar-refractivity contribution in [3.05, 3.63) is 81.3 Å². The molecule has 0 spiro atoms. The Balaban J connectivity index is 1.28. The lowest BCUT2D eigenvalue weighted by Gasteiger charge is -2.21. The summed E-state index contributed by atoms with van der Waals surface area (Å²) in [5, 5.41) is 4.67. The van der Waals surface area contributed by atoms with Crippen LogP contribution in [0.4, 0.5) is 0 Å². The zero-order valence-electron chi connectivity index (χ0n) is 17.8. The molecule has 3 heterocycles. The minimum absolute atomic E-state index is 0.157. The van der Waals surface area contributed by atoms with Crippen LogP contribution in [-0.4, -0.2) is 43.2 Å². The van der Waals surface area contributed by atoms with Crippen LogP contribution in [-0.2, 0) is 25.8 Å². The van der Waals surface area contributed by atoms with Crippen molar-refractivity contribution in [3.8, 4) is 0 Å². The van der Waals surface area contributed by atoms with Crippen molar-refractivity contribution in [1.82, 2.24) is 24.2 Å². The molecule has 1 aliphatic carbocycles. The summed E-state index contributed by atoms with van der Waals surface area (Å²) in [7, 11) is 0. The first-order valence-electron chi connectivity index (χ1n) is 11.1. The largest absolute Gasteiger partial charge is 0.336 e. The Morgan fingerprint density at radius 2 is 1.87 bits per heavy atom. The summed E-state index contributed by atoms with van der Waals surface area (Å²) >= 11 is 0. The first-order chi connectivity index (χ1) is 15.1. The smallest absolute Gasteiger partial charge is 0.263 e. The van der Waals surface area contributed by atoms with E-state index in [-0.39, 0.29) is 17.5 Å². The number of aromatic nitrogens is 4. The Bertz CT molecular complexity index is 1130. The highest BCUT2D eigenvalue weighted by atomic mass is 16.2. The number of rotatable bonds is 5. The number of carbonyl (C=O) groups excluding carboxylic acids is 1. The van der Waals surface area contributed by atoms with Gasteiger partial charge in [0.1, 0.15) is 11.4 Å². The van der Waals surface area contributed by atoms with Gasteiger partial charge in [-0.25, -0.2) is 9.67 Å². The zero-order valence-corrected chi connectivity index (χ0v) is 17.8. The quantitative estimate of drug-likeness (QED) is 0.640. The molecule has 1 aliphatic heterocycles. The Morgan fingerprint density at radius 1 is 1.06 bits per heavy atom. The standard InChI is InChI=1S/C24H27N5O2/c1-17-11-14-28(19-8-9-19)24(31)22(17)23(30)27-13-12-21-25-20(26-29(21)16-15-27)10-7-18-5-3-2-4-6-18/h2-6,11,14,19H,7-10,12-13,15-16H2,1H3. The summed E-state index contributed by atoms with van der Waals surface area (Å²) in [5.74, 6) is 1.59. The number of benzene rings is 1. The molecule has 1 aromatic carbocycles. The third kappa shape index (κ3) is 4.04. The summed E-state index contributed by atoms with van der Waals surface area (Å²) in [6.07, 6.45) is 6.21. The molecule has 31 heavy (non-hydrogen) atoms. The number of nitrogens with zero attached hydrogens (tertiary/aromatic N) is 5. The molecule has 0 N–H and O–H groups in total. The SMILES string of the molecule is Cc1ccn(C2CC2)c(=O)c1C(=O)N1CCc2nc(CCc3ccccc3)nn2CC1. The number of carbonyl (C=O) groups is 1. The molecule has 0 radical (unpaired) electrons.